The molecule has 0 bridgehead atoms. The number of amides is 1. The molecule has 0 radical (unpaired) electrons. The van der Waals surface area contributed by atoms with Gasteiger partial charge in [-0.2, -0.15) is 0 Å². The molecule has 0 spiro atoms. The first-order chi connectivity index (χ1) is 15.1. The summed E-state index contributed by atoms with van der Waals surface area (Å²) in [5.74, 6) is -0.0195. The van der Waals surface area contributed by atoms with Crippen molar-refractivity contribution in [2.75, 3.05) is 5.32 Å². The predicted octanol–water partition coefficient (Wildman–Crippen LogP) is 4.75. The van der Waals surface area contributed by atoms with Crippen molar-refractivity contribution >= 4 is 17.4 Å². The van der Waals surface area contributed by atoms with Crippen molar-refractivity contribution in [3.8, 4) is 22.4 Å². The highest BCUT2D eigenvalue weighted by atomic mass is 19.1. The van der Waals surface area contributed by atoms with Crippen LogP contribution in [0.4, 0.5) is 10.1 Å². The predicted molar refractivity (Wildman–Crippen MR) is 113 cm³/mol. The van der Waals surface area contributed by atoms with Crippen molar-refractivity contribution in [2.24, 2.45) is 0 Å². The van der Waals surface area contributed by atoms with Crippen molar-refractivity contribution in [1.29, 1.82) is 0 Å². The van der Waals surface area contributed by atoms with E-state index in [0.717, 1.165) is 11.1 Å². The zero-order chi connectivity index (χ0) is 21.4. The molecule has 5 rings (SSSR count). The fourth-order valence-electron chi connectivity index (χ4n) is 3.25. The highest BCUT2D eigenvalue weighted by molar-refractivity contribution is 6.02. The Morgan fingerprint density at radius 2 is 1.87 bits per heavy atom. The van der Waals surface area contributed by atoms with Crippen LogP contribution in [0.25, 0.3) is 28.2 Å². The van der Waals surface area contributed by atoms with Crippen LogP contribution in [0.3, 0.4) is 0 Å². The molecule has 2 aromatic carbocycles. The summed E-state index contributed by atoms with van der Waals surface area (Å²) < 4.78 is 21.6. The van der Waals surface area contributed by atoms with Crippen LogP contribution < -0.4 is 5.32 Å². The van der Waals surface area contributed by atoms with Crippen LogP contribution in [0.15, 0.2) is 77.7 Å². The molecule has 0 aliphatic heterocycles. The standard InChI is InChI=1S/C23H16FN5O2/c1-14-25-11-21(31-14)22(30)27-17-7-8-19(24)18(9-17)20-13-29-12-16(10-26-23(29)28-20)15-5-3-2-4-6-15/h2-13H,1H3,(H,27,30). The Morgan fingerprint density at radius 1 is 1.03 bits per heavy atom. The van der Waals surface area contributed by atoms with Gasteiger partial charge in [-0.05, 0) is 23.8 Å². The zero-order valence-corrected chi connectivity index (χ0v) is 16.4. The lowest BCUT2D eigenvalue weighted by molar-refractivity contribution is 0.0995. The molecule has 0 saturated carbocycles. The molecule has 1 N–H and O–H groups in total. The van der Waals surface area contributed by atoms with Crippen LogP contribution in [0.1, 0.15) is 16.4 Å². The summed E-state index contributed by atoms with van der Waals surface area (Å²) in [6.45, 7) is 1.65. The average molecular weight is 413 g/mol. The molecule has 3 aromatic heterocycles. The largest absolute Gasteiger partial charge is 0.436 e. The van der Waals surface area contributed by atoms with E-state index in [1.54, 1.807) is 23.7 Å². The third-order valence-corrected chi connectivity index (χ3v) is 4.76. The number of hydrogen-bond donors (Lipinski definition) is 1. The number of carbonyl (C=O) groups is 1. The molecule has 0 saturated heterocycles. The Kier molecular flexibility index (Phi) is 4.51. The van der Waals surface area contributed by atoms with E-state index >= 15 is 0 Å². The SMILES string of the molecule is Cc1ncc(C(=O)Nc2ccc(F)c(-c3cn4cc(-c5ccccc5)cnc4n3)c2)o1. The molecule has 8 heteroatoms. The van der Waals surface area contributed by atoms with Gasteiger partial charge in [0.15, 0.2) is 5.89 Å². The third kappa shape index (κ3) is 3.66. The Balaban J connectivity index is 1.48. The monoisotopic (exact) mass is 413 g/mol. The van der Waals surface area contributed by atoms with Gasteiger partial charge in [-0.25, -0.2) is 19.3 Å². The Hall–Kier alpha value is -4.33. The fraction of sp³-hybridized carbons (Fsp3) is 0.0435. The first kappa shape index (κ1) is 18.7. The fourth-order valence-corrected chi connectivity index (χ4v) is 3.25. The summed E-state index contributed by atoms with van der Waals surface area (Å²) in [6.07, 6.45) is 6.67. The van der Waals surface area contributed by atoms with E-state index in [-0.39, 0.29) is 11.3 Å². The number of oxazole rings is 1. The summed E-state index contributed by atoms with van der Waals surface area (Å²) in [5.41, 5.74) is 3.00. The maximum absolute atomic E-state index is 14.6. The quantitative estimate of drug-likeness (QED) is 0.460. The highest BCUT2D eigenvalue weighted by Crippen LogP contribution is 2.27. The molecule has 0 atom stereocenters. The van der Waals surface area contributed by atoms with E-state index < -0.39 is 11.7 Å². The summed E-state index contributed by atoms with van der Waals surface area (Å²) in [5, 5.41) is 2.68. The van der Waals surface area contributed by atoms with Gasteiger partial charge in [0.1, 0.15) is 5.82 Å². The minimum atomic E-state index is -0.470. The van der Waals surface area contributed by atoms with Gasteiger partial charge < -0.3 is 9.73 Å². The van der Waals surface area contributed by atoms with Crippen LogP contribution in [0.5, 0.6) is 0 Å². The summed E-state index contributed by atoms with van der Waals surface area (Å²) in [7, 11) is 0. The van der Waals surface area contributed by atoms with Crippen molar-refractivity contribution in [3.63, 3.8) is 0 Å². The Bertz CT molecular complexity index is 1410. The van der Waals surface area contributed by atoms with Gasteiger partial charge >= 0.3 is 0 Å². The van der Waals surface area contributed by atoms with Crippen molar-refractivity contribution < 1.29 is 13.6 Å². The van der Waals surface area contributed by atoms with Gasteiger partial charge in [-0.3, -0.25) is 9.20 Å². The van der Waals surface area contributed by atoms with Crippen LogP contribution >= 0.6 is 0 Å². The van der Waals surface area contributed by atoms with Gasteiger partial charge in [-0.15, -0.1) is 0 Å². The first-order valence-corrected chi connectivity index (χ1v) is 9.51. The zero-order valence-electron chi connectivity index (χ0n) is 16.4. The summed E-state index contributed by atoms with van der Waals surface area (Å²) in [6, 6.07) is 14.1. The molecule has 0 unspecified atom stereocenters. The molecular formula is C23H16FN5O2. The van der Waals surface area contributed by atoms with Crippen LogP contribution in [-0.4, -0.2) is 25.3 Å². The van der Waals surface area contributed by atoms with Gasteiger partial charge in [0.05, 0.1) is 11.9 Å². The number of halogens is 1. The number of aryl methyl sites for hydroxylation is 1. The molecule has 3 heterocycles. The maximum Gasteiger partial charge on any atom is 0.293 e. The first-order valence-electron chi connectivity index (χ1n) is 9.51. The van der Waals surface area contributed by atoms with Crippen molar-refractivity contribution in [1.82, 2.24) is 19.4 Å². The van der Waals surface area contributed by atoms with E-state index in [1.807, 2.05) is 36.5 Å². The Labute approximate surface area is 176 Å². The van der Waals surface area contributed by atoms with Gasteiger partial charge in [-0.1, -0.05) is 30.3 Å². The van der Waals surface area contributed by atoms with E-state index in [1.165, 1.54) is 24.4 Å². The van der Waals surface area contributed by atoms with Crippen LogP contribution in [0.2, 0.25) is 0 Å². The molecular weight excluding hydrogens is 397 g/mol. The number of anilines is 1. The topological polar surface area (TPSA) is 85.3 Å². The molecule has 5 aromatic rings. The number of hydrogen-bond acceptors (Lipinski definition) is 5. The summed E-state index contributed by atoms with van der Waals surface area (Å²) in [4.78, 5) is 25.0. The molecule has 0 fully saturated rings. The van der Waals surface area contributed by atoms with Crippen LogP contribution in [-0.2, 0) is 0 Å². The number of carbonyl (C=O) groups excluding carboxylic acids is 1. The van der Waals surface area contributed by atoms with E-state index in [0.29, 0.717) is 23.0 Å². The number of benzene rings is 2. The average Bonchev–Trinajstić information content (AvgIpc) is 3.41. The number of fused-ring (bicyclic) bond motifs is 1. The normalized spacial score (nSPS) is 11.0. The lowest BCUT2D eigenvalue weighted by Gasteiger charge is -2.06. The van der Waals surface area contributed by atoms with E-state index in [4.69, 9.17) is 4.42 Å². The second-order valence-corrected chi connectivity index (χ2v) is 6.93. The number of imidazole rings is 1. The lowest BCUT2D eigenvalue weighted by Crippen LogP contribution is -2.11. The molecule has 0 aliphatic rings. The number of rotatable bonds is 4. The van der Waals surface area contributed by atoms with Crippen molar-refractivity contribution in [2.45, 2.75) is 6.92 Å². The van der Waals surface area contributed by atoms with Crippen molar-refractivity contribution in [3.05, 3.63) is 90.8 Å². The van der Waals surface area contributed by atoms with Crippen LogP contribution in [0, 0.1) is 12.7 Å². The van der Waals surface area contributed by atoms with Gasteiger partial charge in [0, 0.05) is 42.3 Å². The van der Waals surface area contributed by atoms with E-state index in [9.17, 15) is 9.18 Å². The molecule has 152 valence electrons. The molecule has 31 heavy (non-hydrogen) atoms. The second kappa shape index (κ2) is 7.49. The lowest BCUT2D eigenvalue weighted by atomic mass is 10.1. The number of nitrogens with zero attached hydrogens (tertiary/aromatic N) is 4. The molecule has 0 aliphatic carbocycles. The van der Waals surface area contributed by atoms with E-state index in [2.05, 4.69) is 20.3 Å². The molecule has 1 amide bonds. The van der Waals surface area contributed by atoms with Gasteiger partial charge in [0.2, 0.25) is 11.5 Å². The minimum absolute atomic E-state index is 0.0775. The molecule has 7 nitrogen and oxygen atoms in total. The minimum Gasteiger partial charge on any atom is -0.436 e. The van der Waals surface area contributed by atoms with Gasteiger partial charge in [0.25, 0.3) is 5.91 Å². The third-order valence-electron chi connectivity index (χ3n) is 4.76. The Morgan fingerprint density at radius 3 is 2.65 bits per heavy atom. The summed E-state index contributed by atoms with van der Waals surface area (Å²) >= 11 is 0. The smallest absolute Gasteiger partial charge is 0.293 e. The number of nitrogens with one attached hydrogen (secondary N) is 1. The second-order valence-electron chi connectivity index (χ2n) is 6.93. The highest BCUT2D eigenvalue weighted by Gasteiger charge is 2.15. The number of aromatic nitrogens is 4. The maximum atomic E-state index is 14.6.